The molecule has 21 heavy (non-hydrogen) atoms. The molecule has 0 bridgehead atoms. The summed E-state index contributed by atoms with van der Waals surface area (Å²) >= 11 is 0. The van der Waals surface area contributed by atoms with Crippen LogP contribution < -0.4 is 0 Å². The lowest BCUT2D eigenvalue weighted by Gasteiger charge is -2.31. The number of esters is 2. The molecule has 0 spiro atoms. The highest BCUT2D eigenvalue weighted by Crippen LogP contribution is 2.43. The number of hydrogen-bond donors (Lipinski definition) is 0. The topological polar surface area (TPSA) is 52.6 Å². The van der Waals surface area contributed by atoms with Gasteiger partial charge in [-0.1, -0.05) is 47.6 Å². The van der Waals surface area contributed by atoms with Gasteiger partial charge in [0, 0.05) is 5.92 Å². The fraction of sp³-hybridized carbons (Fsp3) is 0.765. The van der Waals surface area contributed by atoms with Crippen LogP contribution in [0.4, 0.5) is 0 Å². The van der Waals surface area contributed by atoms with E-state index in [2.05, 4.69) is 19.9 Å². The normalized spacial score (nSPS) is 24.1. The van der Waals surface area contributed by atoms with Gasteiger partial charge in [0.25, 0.3) is 0 Å². The number of rotatable bonds is 5. The quantitative estimate of drug-likeness (QED) is 0.576. The Bertz CT molecular complexity index is 432. The average Bonchev–Trinajstić information content (AvgIpc) is 2.55. The Kier molecular flexibility index (Phi) is 5.60. The molecule has 4 nitrogen and oxygen atoms in total. The van der Waals surface area contributed by atoms with Crippen molar-refractivity contribution in [2.24, 2.45) is 23.2 Å². The number of allylic oxidation sites excluding steroid dienone is 1. The van der Waals surface area contributed by atoms with E-state index in [9.17, 15) is 9.59 Å². The number of carbonyl (C=O) groups is 2. The van der Waals surface area contributed by atoms with E-state index < -0.39 is 0 Å². The minimum atomic E-state index is -0.310. The Morgan fingerprint density at radius 1 is 1.14 bits per heavy atom. The summed E-state index contributed by atoms with van der Waals surface area (Å²) in [4.78, 5) is 23.6. The molecular weight excluding hydrogens is 268 g/mol. The molecule has 0 aromatic rings. The lowest BCUT2D eigenvalue weighted by Crippen LogP contribution is -2.36. The van der Waals surface area contributed by atoms with E-state index in [0.717, 1.165) is 5.57 Å². The SMILES string of the molecule is CC1=CC(C)(C)[C@@H](COC(=O)C(C)C)[C@@H]1OC(=O)C(C)C. The third kappa shape index (κ3) is 4.32. The lowest BCUT2D eigenvalue weighted by atomic mass is 9.81. The predicted molar refractivity (Wildman–Crippen MR) is 81.5 cm³/mol. The molecule has 0 unspecified atom stereocenters. The molecule has 0 radical (unpaired) electrons. The molecule has 0 aliphatic heterocycles. The maximum Gasteiger partial charge on any atom is 0.308 e. The standard InChI is InChI=1S/C17H28O4/c1-10(2)15(18)20-9-13-14(21-16(19)11(3)4)12(5)8-17(13,6)7/h8,10-11,13-14H,9H2,1-7H3/t13-,14+/m0/s1. The van der Waals surface area contributed by atoms with Crippen LogP contribution in [0.5, 0.6) is 0 Å². The fourth-order valence-electron chi connectivity index (χ4n) is 2.56. The summed E-state index contributed by atoms with van der Waals surface area (Å²) in [7, 11) is 0. The van der Waals surface area contributed by atoms with E-state index in [-0.39, 0.29) is 47.8 Å². The van der Waals surface area contributed by atoms with Crippen molar-refractivity contribution in [1.29, 1.82) is 0 Å². The van der Waals surface area contributed by atoms with Gasteiger partial charge in [-0.25, -0.2) is 0 Å². The van der Waals surface area contributed by atoms with Gasteiger partial charge in [0.05, 0.1) is 18.4 Å². The molecule has 0 amide bonds. The number of carbonyl (C=O) groups excluding carboxylic acids is 2. The molecule has 2 atom stereocenters. The zero-order valence-corrected chi connectivity index (χ0v) is 14.2. The van der Waals surface area contributed by atoms with E-state index >= 15 is 0 Å². The second-order valence-corrected chi connectivity index (χ2v) is 7.11. The van der Waals surface area contributed by atoms with Gasteiger partial charge in [0.1, 0.15) is 6.10 Å². The summed E-state index contributed by atoms with van der Waals surface area (Å²) in [5.41, 5.74) is 0.864. The van der Waals surface area contributed by atoms with Gasteiger partial charge in [0.2, 0.25) is 0 Å². The summed E-state index contributed by atoms with van der Waals surface area (Å²) in [6, 6.07) is 0. The largest absolute Gasteiger partial charge is 0.465 e. The van der Waals surface area contributed by atoms with Gasteiger partial charge in [-0.15, -0.1) is 0 Å². The van der Waals surface area contributed by atoms with Crippen molar-refractivity contribution >= 4 is 11.9 Å². The van der Waals surface area contributed by atoms with Crippen molar-refractivity contribution in [3.05, 3.63) is 11.6 Å². The highest BCUT2D eigenvalue weighted by molar-refractivity contribution is 5.72. The summed E-state index contributed by atoms with van der Waals surface area (Å²) in [6.07, 6.45) is 1.80. The first kappa shape index (κ1) is 17.7. The highest BCUT2D eigenvalue weighted by Gasteiger charge is 2.44. The second kappa shape index (κ2) is 6.63. The Hall–Kier alpha value is -1.32. The Morgan fingerprint density at radius 2 is 1.67 bits per heavy atom. The van der Waals surface area contributed by atoms with Crippen molar-refractivity contribution in [2.75, 3.05) is 6.61 Å². The van der Waals surface area contributed by atoms with Crippen molar-refractivity contribution in [3.8, 4) is 0 Å². The molecule has 0 saturated carbocycles. The third-order valence-corrected chi connectivity index (χ3v) is 3.96. The van der Waals surface area contributed by atoms with Gasteiger partial charge < -0.3 is 9.47 Å². The van der Waals surface area contributed by atoms with Crippen molar-refractivity contribution in [2.45, 2.75) is 54.6 Å². The van der Waals surface area contributed by atoms with Crippen molar-refractivity contribution in [3.63, 3.8) is 0 Å². The van der Waals surface area contributed by atoms with E-state index in [1.165, 1.54) is 0 Å². The van der Waals surface area contributed by atoms with Crippen LogP contribution in [0.15, 0.2) is 11.6 Å². The Morgan fingerprint density at radius 3 is 2.14 bits per heavy atom. The molecular formula is C17H28O4. The summed E-state index contributed by atoms with van der Waals surface area (Å²) in [6.45, 7) is 13.6. The first-order valence-corrected chi connectivity index (χ1v) is 7.62. The average molecular weight is 296 g/mol. The smallest absolute Gasteiger partial charge is 0.308 e. The molecule has 1 rings (SSSR count). The van der Waals surface area contributed by atoms with Crippen LogP contribution in [-0.4, -0.2) is 24.6 Å². The lowest BCUT2D eigenvalue weighted by molar-refractivity contribution is -0.158. The predicted octanol–water partition coefficient (Wildman–Crippen LogP) is 3.36. The first-order chi connectivity index (χ1) is 9.56. The number of hydrogen-bond acceptors (Lipinski definition) is 4. The van der Waals surface area contributed by atoms with Crippen LogP contribution in [0.25, 0.3) is 0 Å². The van der Waals surface area contributed by atoms with Crippen LogP contribution >= 0.6 is 0 Å². The molecule has 1 aliphatic carbocycles. The second-order valence-electron chi connectivity index (χ2n) is 7.11. The van der Waals surface area contributed by atoms with Gasteiger partial charge >= 0.3 is 11.9 Å². The van der Waals surface area contributed by atoms with E-state index in [0.29, 0.717) is 0 Å². The molecule has 1 aliphatic rings. The molecule has 0 aromatic heterocycles. The summed E-state index contributed by atoms with van der Waals surface area (Å²) in [5, 5.41) is 0. The summed E-state index contributed by atoms with van der Waals surface area (Å²) < 4.78 is 11.0. The van der Waals surface area contributed by atoms with Crippen LogP contribution in [0.2, 0.25) is 0 Å². The molecule has 0 aromatic carbocycles. The van der Waals surface area contributed by atoms with Gasteiger partial charge in [-0.05, 0) is 17.9 Å². The maximum absolute atomic E-state index is 11.9. The molecule has 120 valence electrons. The third-order valence-electron chi connectivity index (χ3n) is 3.96. The molecule has 0 heterocycles. The zero-order valence-electron chi connectivity index (χ0n) is 14.2. The van der Waals surface area contributed by atoms with Crippen molar-refractivity contribution < 1.29 is 19.1 Å². The first-order valence-electron chi connectivity index (χ1n) is 7.62. The summed E-state index contributed by atoms with van der Waals surface area (Å²) in [5.74, 6) is -0.793. The Balaban J connectivity index is 2.81. The van der Waals surface area contributed by atoms with E-state index in [4.69, 9.17) is 9.47 Å². The molecule has 0 fully saturated rings. The molecule has 0 saturated heterocycles. The highest BCUT2D eigenvalue weighted by atomic mass is 16.6. The fourth-order valence-corrected chi connectivity index (χ4v) is 2.56. The molecule has 4 heteroatoms. The van der Waals surface area contributed by atoms with Crippen LogP contribution in [0.1, 0.15) is 48.5 Å². The minimum absolute atomic E-state index is 0.0390. The van der Waals surface area contributed by atoms with Crippen LogP contribution in [0, 0.1) is 23.2 Å². The van der Waals surface area contributed by atoms with Crippen LogP contribution in [-0.2, 0) is 19.1 Å². The Labute approximate surface area is 127 Å². The zero-order chi connectivity index (χ0) is 16.4. The van der Waals surface area contributed by atoms with Gasteiger partial charge in [-0.3, -0.25) is 9.59 Å². The number of ether oxygens (including phenoxy) is 2. The van der Waals surface area contributed by atoms with Gasteiger partial charge in [-0.2, -0.15) is 0 Å². The minimum Gasteiger partial charge on any atom is -0.465 e. The molecule has 0 N–H and O–H groups in total. The van der Waals surface area contributed by atoms with E-state index in [1.54, 1.807) is 0 Å². The maximum atomic E-state index is 11.9. The monoisotopic (exact) mass is 296 g/mol. The van der Waals surface area contributed by atoms with Crippen molar-refractivity contribution in [1.82, 2.24) is 0 Å². The van der Waals surface area contributed by atoms with E-state index in [1.807, 2.05) is 34.6 Å². The van der Waals surface area contributed by atoms with Gasteiger partial charge in [0.15, 0.2) is 0 Å². The van der Waals surface area contributed by atoms with Crippen LogP contribution in [0.3, 0.4) is 0 Å².